The SMILES string of the molecule is O=C(NCC(=O)N1CCOCC1)c1ccc2ccccc2c1. The number of carbonyl (C=O) groups is 2. The zero-order valence-electron chi connectivity index (χ0n) is 12.2. The van der Waals surface area contributed by atoms with Crippen LogP contribution < -0.4 is 5.32 Å². The molecular weight excluding hydrogens is 280 g/mol. The second kappa shape index (κ2) is 6.58. The van der Waals surface area contributed by atoms with Crippen molar-refractivity contribution in [1.29, 1.82) is 0 Å². The highest BCUT2D eigenvalue weighted by Crippen LogP contribution is 2.15. The second-order valence-electron chi connectivity index (χ2n) is 5.24. The average molecular weight is 298 g/mol. The highest BCUT2D eigenvalue weighted by atomic mass is 16.5. The third kappa shape index (κ3) is 3.26. The zero-order chi connectivity index (χ0) is 15.4. The van der Waals surface area contributed by atoms with Gasteiger partial charge >= 0.3 is 0 Å². The van der Waals surface area contributed by atoms with E-state index in [2.05, 4.69) is 5.32 Å². The summed E-state index contributed by atoms with van der Waals surface area (Å²) in [7, 11) is 0. The molecule has 0 atom stereocenters. The Labute approximate surface area is 128 Å². The number of morpholine rings is 1. The minimum Gasteiger partial charge on any atom is -0.378 e. The Morgan fingerprint density at radius 2 is 1.77 bits per heavy atom. The number of amides is 2. The van der Waals surface area contributed by atoms with Gasteiger partial charge in [-0.25, -0.2) is 0 Å². The normalized spacial score (nSPS) is 14.8. The molecule has 0 aromatic heterocycles. The minimum absolute atomic E-state index is 0.0195. The number of carbonyl (C=O) groups excluding carboxylic acids is 2. The average Bonchev–Trinajstić information content (AvgIpc) is 2.59. The molecule has 1 aliphatic heterocycles. The van der Waals surface area contributed by atoms with Gasteiger partial charge in [-0.1, -0.05) is 30.3 Å². The first-order valence-corrected chi connectivity index (χ1v) is 7.36. The van der Waals surface area contributed by atoms with Gasteiger partial charge in [0.25, 0.3) is 5.91 Å². The monoisotopic (exact) mass is 298 g/mol. The van der Waals surface area contributed by atoms with Crippen molar-refractivity contribution in [3.8, 4) is 0 Å². The maximum atomic E-state index is 12.2. The van der Waals surface area contributed by atoms with Gasteiger partial charge in [-0.3, -0.25) is 9.59 Å². The summed E-state index contributed by atoms with van der Waals surface area (Å²) in [4.78, 5) is 25.9. The number of hydrogen-bond donors (Lipinski definition) is 1. The van der Waals surface area contributed by atoms with Crippen LogP contribution in [0.25, 0.3) is 10.8 Å². The number of fused-ring (bicyclic) bond motifs is 1. The fourth-order valence-electron chi connectivity index (χ4n) is 2.51. The van der Waals surface area contributed by atoms with E-state index < -0.39 is 0 Å². The van der Waals surface area contributed by atoms with Crippen LogP contribution in [0.4, 0.5) is 0 Å². The number of ether oxygens (including phenoxy) is 1. The molecule has 2 amide bonds. The van der Waals surface area contributed by atoms with Crippen molar-refractivity contribution in [3.63, 3.8) is 0 Å². The fourth-order valence-corrected chi connectivity index (χ4v) is 2.51. The summed E-state index contributed by atoms with van der Waals surface area (Å²) in [5.41, 5.74) is 0.563. The molecular formula is C17H18N2O3. The van der Waals surface area contributed by atoms with E-state index in [-0.39, 0.29) is 18.4 Å². The van der Waals surface area contributed by atoms with Crippen LogP contribution in [-0.2, 0) is 9.53 Å². The molecule has 0 spiro atoms. The first kappa shape index (κ1) is 14.5. The topological polar surface area (TPSA) is 58.6 Å². The molecule has 2 aromatic rings. The van der Waals surface area contributed by atoms with E-state index in [9.17, 15) is 9.59 Å². The lowest BCUT2D eigenvalue weighted by atomic mass is 10.1. The summed E-state index contributed by atoms with van der Waals surface area (Å²) in [6.07, 6.45) is 0. The summed E-state index contributed by atoms with van der Waals surface area (Å²) in [5.74, 6) is -0.301. The lowest BCUT2D eigenvalue weighted by molar-refractivity contribution is -0.134. The van der Waals surface area contributed by atoms with Crippen LogP contribution in [-0.4, -0.2) is 49.6 Å². The molecule has 1 fully saturated rings. The van der Waals surface area contributed by atoms with E-state index in [0.717, 1.165) is 10.8 Å². The number of nitrogens with zero attached hydrogens (tertiary/aromatic N) is 1. The molecule has 5 heteroatoms. The molecule has 1 heterocycles. The first-order valence-electron chi connectivity index (χ1n) is 7.36. The van der Waals surface area contributed by atoms with Crippen LogP contribution in [0.1, 0.15) is 10.4 Å². The van der Waals surface area contributed by atoms with Gasteiger partial charge in [0.15, 0.2) is 0 Å². The van der Waals surface area contributed by atoms with Crippen LogP contribution in [0, 0.1) is 0 Å². The molecule has 0 bridgehead atoms. The number of nitrogens with one attached hydrogen (secondary N) is 1. The molecule has 0 radical (unpaired) electrons. The van der Waals surface area contributed by atoms with Crippen molar-refractivity contribution in [3.05, 3.63) is 48.0 Å². The third-order valence-electron chi connectivity index (χ3n) is 3.78. The lowest BCUT2D eigenvalue weighted by Gasteiger charge is -2.26. The molecule has 1 aliphatic rings. The highest BCUT2D eigenvalue weighted by Gasteiger charge is 2.17. The molecule has 22 heavy (non-hydrogen) atoms. The minimum atomic E-state index is -0.229. The molecule has 3 rings (SSSR count). The van der Waals surface area contributed by atoms with E-state index in [1.54, 1.807) is 11.0 Å². The van der Waals surface area contributed by atoms with E-state index in [1.807, 2.05) is 36.4 Å². The molecule has 114 valence electrons. The molecule has 2 aromatic carbocycles. The van der Waals surface area contributed by atoms with E-state index in [0.29, 0.717) is 31.9 Å². The predicted octanol–water partition coefficient (Wildman–Crippen LogP) is 1.43. The van der Waals surface area contributed by atoms with Crippen LogP contribution >= 0.6 is 0 Å². The van der Waals surface area contributed by atoms with Gasteiger partial charge in [-0.05, 0) is 22.9 Å². The zero-order valence-corrected chi connectivity index (χ0v) is 12.2. The largest absolute Gasteiger partial charge is 0.378 e. The van der Waals surface area contributed by atoms with Crippen LogP contribution in [0.3, 0.4) is 0 Å². The molecule has 0 saturated carbocycles. The maximum Gasteiger partial charge on any atom is 0.251 e. The quantitative estimate of drug-likeness (QED) is 0.932. The third-order valence-corrected chi connectivity index (χ3v) is 3.78. The Morgan fingerprint density at radius 1 is 1.05 bits per heavy atom. The summed E-state index contributed by atoms with van der Waals surface area (Å²) in [6.45, 7) is 2.32. The number of hydrogen-bond acceptors (Lipinski definition) is 3. The molecule has 1 saturated heterocycles. The Morgan fingerprint density at radius 3 is 2.55 bits per heavy atom. The smallest absolute Gasteiger partial charge is 0.251 e. The Kier molecular flexibility index (Phi) is 4.34. The molecule has 5 nitrogen and oxygen atoms in total. The van der Waals surface area contributed by atoms with Crippen molar-refractivity contribution >= 4 is 22.6 Å². The van der Waals surface area contributed by atoms with Gasteiger partial charge in [0, 0.05) is 18.7 Å². The van der Waals surface area contributed by atoms with Crippen molar-refractivity contribution in [2.75, 3.05) is 32.8 Å². The molecule has 1 N–H and O–H groups in total. The van der Waals surface area contributed by atoms with Crippen molar-refractivity contribution < 1.29 is 14.3 Å². The number of rotatable bonds is 3. The first-order chi connectivity index (χ1) is 10.7. The Bertz CT molecular complexity index is 693. The van der Waals surface area contributed by atoms with Gasteiger partial charge in [-0.15, -0.1) is 0 Å². The van der Waals surface area contributed by atoms with Gasteiger partial charge in [0.1, 0.15) is 0 Å². The summed E-state index contributed by atoms with van der Waals surface area (Å²) in [5, 5.41) is 4.79. The van der Waals surface area contributed by atoms with Gasteiger partial charge in [-0.2, -0.15) is 0 Å². The van der Waals surface area contributed by atoms with Crippen molar-refractivity contribution in [1.82, 2.24) is 10.2 Å². The Balaban J connectivity index is 1.61. The van der Waals surface area contributed by atoms with Gasteiger partial charge < -0.3 is 15.0 Å². The molecule has 0 aliphatic carbocycles. The van der Waals surface area contributed by atoms with Crippen LogP contribution in [0.15, 0.2) is 42.5 Å². The summed E-state index contributed by atoms with van der Waals surface area (Å²) < 4.78 is 5.20. The van der Waals surface area contributed by atoms with Crippen molar-refractivity contribution in [2.24, 2.45) is 0 Å². The number of benzene rings is 2. The summed E-state index contributed by atoms with van der Waals surface area (Å²) in [6, 6.07) is 13.4. The van der Waals surface area contributed by atoms with Crippen LogP contribution in [0.5, 0.6) is 0 Å². The fraction of sp³-hybridized carbons (Fsp3) is 0.294. The highest BCUT2D eigenvalue weighted by molar-refractivity contribution is 6.00. The van der Waals surface area contributed by atoms with E-state index >= 15 is 0 Å². The Hall–Kier alpha value is -2.40. The maximum absolute atomic E-state index is 12.2. The summed E-state index contributed by atoms with van der Waals surface area (Å²) >= 11 is 0. The molecule has 0 unspecified atom stereocenters. The lowest BCUT2D eigenvalue weighted by Crippen LogP contribution is -2.45. The van der Waals surface area contributed by atoms with Gasteiger partial charge in [0.2, 0.25) is 5.91 Å². The predicted molar refractivity (Wildman–Crippen MR) is 83.7 cm³/mol. The van der Waals surface area contributed by atoms with Crippen LogP contribution in [0.2, 0.25) is 0 Å². The van der Waals surface area contributed by atoms with E-state index in [1.165, 1.54) is 0 Å². The van der Waals surface area contributed by atoms with E-state index in [4.69, 9.17) is 4.74 Å². The standard InChI is InChI=1S/C17H18N2O3/c20-16(19-7-9-22-10-8-19)12-18-17(21)15-6-5-13-3-1-2-4-14(13)11-15/h1-6,11H,7-10,12H2,(H,18,21). The van der Waals surface area contributed by atoms with Crippen molar-refractivity contribution in [2.45, 2.75) is 0 Å². The van der Waals surface area contributed by atoms with Gasteiger partial charge in [0.05, 0.1) is 19.8 Å². The second-order valence-corrected chi connectivity index (χ2v) is 5.24.